The monoisotopic (exact) mass is 410 g/mol. The van der Waals surface area contributed by atoms with Crippen LogP contribution in [0.1, 0.15) is 43.4 Å². The Kier molecular flexibility index (Phi) is 5.46. The van der Waals surface area contributed by atoms with Gasteiger partial charge in [-0.2, -0.15) is 0 Å². The highest BCUT2D eigenvalue weighted by Crippen LogP contribution is 2.33. The van der Waals surface area contributed by atoms with E-state index in [2.05, 4.69) is 22.1 Å². The minimum atomic E-state index is -3.22. The van der Waals surface area contributed by atoms with Crippen LogP contribution in [-0.2, 0) is 9.84 Å². The van der Waals surface area contributed by atoms with Crippen LogP contribution < -0.4 is 4.74 Å². The third kappa shape index (κ3) is 4.37. The summed E-state index contributed by atoms with van der Waals surface area (Å²) in [5, 5.41) is 0.988. The first-order valence-corrected chi connectivity index (χ1v) is 11.9. The van der Waals surface area contributed by atoms with Crippen LogP contribution >= 0.6 is 0 Å². The van der Waals surface area contributed by atoms with Crippen LogP contribution in [0.5, 0.6) is 5.75 Å². The number of nitrogens with zero attached hydrogens (tertiary/aromatic N) is 1. The second-order valence-corrected chi connectivity index (χ2v) is 9.79. The first kappa shape index (κ1) is 19.7. The first-order valence-electron chi connectivity index (χ1n) is 9.99. The zero-order valence-corrected chi connectivity index (χ0v) is 17.6. The fraction of sp³-hybridized carbons (Fsp3) is 0.348. The second kappa shape index (κ2) is 8.03. The topological polar surface area (TPSA) is 72.0 Å². The van der Waals surface area contributed by atoms with E-state index in [1.807, 2.05) is 18.2 Å². The first-order chi connectivity index (χ1) is 13.9. The Morgan fingerprint density at radius 2 is 1.86 bits per heavy atom. The van der Waals surface area contributed by atoms with Gasteiger partial charge in [-0.05, 0) is 48.6 Å². The van der Waals surface area contributed by atoms with Gasteiger partial charge in [0.05, 0.1) is 18.2 Å². The average molecular weight is 411 g/mol. The van der Waals surface area contributed by atoms with E-state index in [1.54, 1.807) is 25.4 Å². The smallest absolute Gasteiger partial charge is 0.175 e. The number of benzene rings is 1. The maximum atomic E-state index is 11.8. The molecular formula is C23H26N2O3S. The largest absolute Gasteiger partial charge is 0.495 e. The molecule has 0 aliphatic heterocycles. The van der Waals surface area contributed by atoms with E-state index in [0.717, 1.165) is 33.6 Å². The zero-order valence-electron chi connectivity index (χ0n) is 16.8. The van der Waals surface area contributed by atoms with Gasteiger partial charge < -0.3 is 9.72 Å². The average Bonchev–Trinajstić information content (AvgIpc) is 3.15. The minimum Gasteiger partial charge on any atom is -0.495 e. The summed E-state index contributed by atoms with van der Waals surface area (Å²) in [6.07, 6.45) is 11.5. The Bertz CT molecular complexity index is 1140. The van der Waals surface area contributed by atoms with Crippen molar-refractivity contribution in [1.82, 2.24) is 9.97 Å². The van der Waals surface area contributed by atoms with Crippen molar-refractivity contribution in [3.63, 3.8) is 0 Å². The van der Waals surface area contributed by atoms with E-state index in [-0.39, 0.29) is 0 Å². The number of H-pyrrole nitrogens is 1. The zero-order chi connectivity index (χ0) is 20.4. The van der Waals surface area contributed by atoms with Crippen molar-refractivity contribution in [1.29, 1.82) is 0 Å². The quantitative estimate of drug-likeness (QED) is 0.643. The summed E-state index contributed by atoms with van der Waals surface area (Å²) in [5.74, 6) is 1.25. The van der Waals surface area contributed by atoms with Crippen molar-refractivity contribution in [2.24, 2.45) is 5.92 Å². The number of sulfone groups is 1. The van der Waals surface area contributed by atoms with Gasteiger partial charge >= 0.3 is 0 Å². The van der Waals surface area contributed by atoms with E-state index in [9.17, 15) is 8.42 Å². The molecule has 0 amide bonds. The molecule has 0 spiro atoms. The Morgan fingerprint density at radius 3 is 2.52 bits per heavy atom. The van der Waals surface area contributed by atoms with Gasteiger partial charge in [-0.25, -0.2) is 13.4 Å². The molecule has 4 rings (SSSR count). The molecule has 2 heterocycles. The van der Waals surface area contributed by atoms with Crippen LogP contribution in [0.4, 0.5) is 0 Å². The number of aromatic nitrogens is 2. The minimum absolute atomic E-state index is 0.335. The van der Waals surface area contributed by atoms with E-state index >= 15 is 0 Å². The van der Waals surface area contributed by atoms with Crippen LogP contribution in [0.25, 0.3) is 16.6 Å². The predicted octanol–water partition coefficient (Wildman–Crippen LogP) is 4.99. The maximum absolute atomic E-state index is 11.8. The number of nitrogens with one attached hydrogen (secondary N) is 1. The molecule has 1 aliphatic rings. The summed E-state index contributed by atoms with van der Waals surface area (Å²) in [4.78, 5) is 8.22. The molecule has 152 valence electrons. The van der Waals surface area contributed by atoms with Crippen LogP contribution in [0, 0.1) is 5.92 Å². The van der Waals surface area contributed by atoms with Gasteiger partial charge in [0.2, 0.25) is 0 Å². The Balaban J connectivity index is 1.79. The summed E-state index contributed by atoms with van der Waals surface area (Å²) in [5.41, 5.74) is 3.89. The summed E-state index contributed by atoms with van der Waals surface area (Å²) in [6.45, 7) is 0. The van der Waals surface area contributed by atoms with Crippen LogP contribution in [-0.4, -0.2) is 31.8 Å². The number of rotatable bonds is 5. The van der Waals surface area contributed by atoms with Gasteiger partial charge in [-0.3, -0.25) is 0 Å². The number of fused-ring (bicyclic) bond motifs is 1. The van der Waals surface area contributed by atoms with Gasteiger partial charge in [0.1, 0.15) is 11.4 Å². The van der Waals surface area contributed by atoms with E-state index in [0.29, 0.717) is 10.8 Å². The van der Waals surface area contributed by atoms with Crippen molar-refractivity contribution in [3.05, 3.63) is 59.9 Å². The summed E-state index contributed by atoms with van der Waals surface area (Å²) in [7, 11) is -1.58. The lowest BCUT2D eigenvalue weighted by atomic mass is 9.86. The molecule has 3 aromatic rings. The molecule has 1 aliphatic carbocycles. The Labute approximate surface area is 171 Å². The lowest BCUT2D eigenvalue weighted by Crippen LogP contribution is -2.04. The molecule has 0 unspecified atom stereocenters. The number of ether oxygens (including phenoxy) is 1. The number of pyridine rings is 1. The maximum Gasteiger partial charge on any atom is 0.175 e. The summed E-state index contributed by atoms with van der Waals surface area (Å²) >= 11 is 0. The number of aromatic amines is 1. The third-order valence-electron chi connectivity index (χ3n) is 5.62. The number of hydrogen-bond acceptors (Lipinski definition) is 4. The number of allylic oxidation sites excluding steroid dienone is 1. The fourth-order valence-electron chi connectivity index (χ4n) is 4.01. The molecule has 1 aromatic carbocycles. The van der Waals surface area contributed by atoms with Gasteiger partial charge in [-0.15, -0.1) is 0 Å². The van der Waals surface area contributed by atoms with E-state index < -0.39 is 9.84 Å². The van der Waals surface area contributed by atoms with Crippen molar-refractivity contribution < 1.29 is 13.2 Å². The van der Waals surface area contributed by atoms with Crippen LogP contribution in [0.15, 0.2) is 53.6 Å². The lowest BCUT2D eigenvalue weighted by molar-refractivity contribution is 0.413. The Morgan fingerprint density at radius 1 is 1.14 bits per heavy atom. The highest BCUT2D eigenvalue weighted by atomic mass is 32.2. The highest BCUT2D eigenvalue weighted by Gasteiger charge is 2.17. The number of methoxy groups -OCH3 is 1. The molecule has 1 fully saturated rings. The van der Waals surface area contributed by atoms with Crippen molar-refractivity contribution in [2.45, 2.75) is 37.0 Å². The molecule has 0 radical (unpaired) electrons. The molecule has 5 nitrogen and oxygen atoms in total. The number of hydrogen-bond donors (Lipinski definition) is 1. The van der Waals surface area contributed by atoms with Gasteiger partial charge in [0, 0.05) is 22.9 Å². The SMILES string of the molecule is COc1cnc2[nH]c(C(=CC3CCCCC3)c3ccc(S(C)(=O)=O)cc3)cc2c1. The highest BCUT2D eigenvalue weighted by molar-refractivity contribution is 7.90. The predicted molar refractivity (Wildman–Crippen MR) is 116 cm³/mol. The molecule has 29 heavy (non-hydrogen) atoms. The molecule has 0 atom stereocenters. The third-order valence-corrected chi connectivity index (χ3v) is 6.75. The van der Waals surface area contributed by atoms with Crippen molar-refractivity contribution in [3.8, 4) is 5.75 Å². The van der Waals surface area contributed by atoms with E-state index in [1.165, 1.54) is 38.4 Å². The van der Waals surface area contributed by atoms with E-state index in [4.69, 9.17) is 4.74 Å². The molecule has 0 saturated heterocycles. The van der Waals surface area contributed by atoms with Gasteiger partial charge in [-0.1, -0.05) is 37.5 Å². The van der Waals surface area contributed by atoms with Crippen molar-refractivity contribution in [2.75, 3.05) is 13.4 Å². The van der Waals surface area contributed by atoms with Gasteiger partial charge in [0.15, 0.2) is 9.84 Å². The molecule has 0 bridgehead atoms. The summed E-state index contributed by atoms with van der Waals surface area (Å²) < 4.78 is 29.0. The normalized spacial score (nSPS) is 16.3. The van der Waals surface area contributed by atoms with Gasteiger partial charge in [0.25, 0.3) is 0 Å². The van der Waals surface area contributed by atoms with Crippen LogP contribution in [0.3, 0.4) is 0 Å². The Hall–Kier alpha value is -2.60. The molecule has 2 aromatic heterocycles. The molecule has 1 saturated carbocycles. The molecule has 6 heteroatoms. The second-order valence-electron chi connectivity index (χ2n) is 7.77. The van der Waals surface area contributed by atoms with Crippen LogP contribution in [0.2, 0.25) is 0 Å². The molecule has 1 N–H and O–H groups in total. The molecular weight excluding hydrogens is 384 g/mol. The summed E-state index contributed by atoms with van der Waals surface area (Å²) in [6, 6.07) is 11.2. The lowest BCUT2D eigenvalue weighted by Gasteiger charge is -2.20. The fourth-order valence-corrected chi connectivity index (χ4v) is 4.64. The standard InChI is InChI=1S/C23H26N2O3S/c1-28-19-13-18-14-22(25-23(18)24-15-19)21(12-16-6-4-3-5-7-16)17-8-10-20(11-9-17)29(2,26)27/h8-16H,3-7H2,1-2H3,(H,24,25). The van der Waals surface area contributed by atoms with Crippen molar-refractivity contribution >= 4 is 26.4 Å².